The fraction of sp³-hybridized carbons (Fsp3) is 0.417. The molecule has 2 heterocycles. The van der Waals surface area contributed by atoms with Crippen molar-refractivity contribution >= 4 is 35.0 Å². The summed E-state index contributed by atoms with van der Waals surface area (Å²) in [5.41, 5.74) is 0.814. The molecule has 1 aromatic carbocycles. The summed E-state index contributed by atoms with van der Waals surface area (Å²) in [4.78, 5) is 2.93. The Hall–Kier alpha value is -0.880. The summed E-state index contributed by atoms with van der Waals surface area (Å²) in [6.45, 7) is 0.643. The summed E-state index contributed by atoms with van der Waals surface area (Å²) >= 11 is 7.07. The molecule has 0 spiro atoms. The van der Waals surface area contributed by atoms with Crippen molar-refractivity contribution in [2.45, 2.75) is 24.6 Å². The van der Waals surface area contributed by atoms with Gasteiger partial charge in [0.15, 0.2) is 16.4 Å². The lowest BCUT2D eigenvalue weighted by Crippen LogP contribution is -2.10. The van der Waals surface area contributed by atoms with Gasteiger partial charge in [-0.25, -0.2) is 8.78 Å². The van der Waals surface area contributed by atoms with Gasteiger partial charge in [-0.15, -0.1) is 0 Å². The molecule has 2 aromatic rings. The molecular weight excluding hydrogens is 274 g/mol. The van der Waals surface area contributed by atoms with E-state index in [1.807, 2.05) is 11.8 Å². The number of aromatic nitrogens is 2. The van der Waals surface area contributed by atoms with Gasteiger partial charge in [-0.05, 0) is 42.9 Å². The second kappa shape index (κ2) is 4.66. The molecule has 1 aliphatic rings. The minimum absolute atomic E-state index is 0.257. The maximum absolute atomic E-state index is 13.9. The highest BCUT2D eigenvalue weighted by molar-refractivity contribution is 8.00. The van der Waals surface area contributed by atoms with E-state index in [0.29, 0.717) is 22.1 Å². The van der Waals surface area contributed by atoms with E-state index in [1.165, 1.54) is 12.5 Å². The summed E-state index contributed by atoms with van der Waals surface area (Å²) < 4.78 is 29.3. The maximum Gasteiger partial charge on any atom is 0.184 e. The molecule has 0 amide bonds. The van der Waals surface area contributed by atoms with E-state index in [-0.39, 0.29) is 5.52 Å². The number of thioether (sulfide) groups is 1. The van der Waals surface area contributed by atoms with E-state index in [1.54, 1.807) is 4.57 Å². The molecule has 1 fully saturated rings. The lowest BCUT2D eigenvalue weighted by Gasteiger charge is -2.10. The van der Waals surface area contributed by atoms with Crippen LogP contribution in [0.4, 0.5) is 8.78 Å². The van der Waals surface area contributed by atoms with Crippen LogP contribution in [-0.2, 0) is 6.54 Å². The zero-order chi connectivity index (χ0) is 12.7. The van der Waals surface area contributed by atoms with Crippen LogP contribution >= 0.6 is 24.0 Å². The molecule has 1 N–H and O–H groups in total. The first-order valence-corrected chi connectivity index (χ1v) is 7.30. The zero-order valence-electron chi connectivity index (χ0n) is 9.58. The Kier molecular flexibility index (Phi) is 3.15. The molecule has 1 saturated heterocycles. The molecule has 0 radical (unpaired) electrons. The summed E-state index contributed by atoms with van der Waals surface area (Å²) in [6, 6.07) is 2.65. The largest absolute Gasteiger partial charge is 0.330 e. The lowest BCUT2D eigenvalue weighted by atomic mass is 10.2. The summed E-state index contributed by atoms with van der Waals surface area (Å²) in [7, 11) is 0. The van der Waals surface area contributed by atoms with Crippen molar-refractivity contribution < 1.29 is 8.78 Å². The number of benzene rings is 1. The van der Waals surface area contributed by atoms with E-state index >= 15 is 0 Å². The number of halogens is 2. The minimum atomic E-state index is -0.829. The van der Waals surface area contributed by atoms with Crippen LogP contribution in [0.15, 0.2) is 12.1 Å². The van der Waals surface area contributed by atoms with Crippen molar-refractivity contribution in [3.8, 4) is 0 Å². The van der Waals surface area contributed by atoms with Crippen LogP contribution in [0.5, 0.6) is 0 Å². The molecule has 2 nitrogen and oxygen atoms in total. The summed E-state index contributed by atoms with van der Waals surface area (Å²) in [5, 5.41) is 0.443. The van der Waals surface area contributed by atoms with E-state index < -0.39 is 11.6 Å². The Bertz CT molecular complexity index is 641. The first-order chi connectivity index (χ1) is 8.66. The normalized spacial score (nSPS) is 19.8. The van der Waals surface area contributed by atoms with Crippen molar-refractivity contribution in [1.82, 2.24) is 9.55 Å². The fourth-order valence-electron chi connectivity index (χ4n) is 2.36. The number of H-pyrrole nitrogens is 1. The van der Waals surface area contributed by atoms with Gasteiger partial charge in [0.25, 0.3) is 0 Å². The molecule has 1 unspecified atom stereocenters. The first-order valence-electron chi connectivity index (χ1n) is 5.85. The van der Waals surface area contributed by atoms with Crippen molar-refractivity contribution in [2.24, 2.45) is 0 Å². The zero-order valence-corrected chi connectivity index (χ0v) is 11.2. The maximum atomic E-state index is 13.9. The van der Waals surface area contributed by atoms with E-state index in [2.05, 4.69) is 4.98 Å². The van der Waals surface area contributed by atoms with Crippen LogP contribution in [-0.4, -0.2) is 20.6 Å². The van der Waals surface area contributed by atoms with Crippen LogP contribution < -0.4 is 0 Å². The number of nitrogens with one attached hydrogen (secondary N) is 1. The number of hydrogen-bond donors (Lipinski definition) is 1. The number of hydrogen-bond acceptors (Lipinski definition) is 2. The Morgan fingerprint density at radius 1 is 1.44 bits per heavy atom. The quantitative estimate of drug-likeness (QED) is 0.846. The van der Waals surface area contributed by atoms with Crippen molar-refractivity contribution in [3.05, 3.63) is 28.5 Å². The molecule has 96 valence electrons. The Balaban J connectivity index is 2.12. The molecular formula is C12H12F2N2S2. The van der Waals surface area contributed by atoms with Crippen molar-refractivity contribution in [1.29, 1.82) is 0 Å². The molecule has 18 heavy (non-hydrogen) atoms. The topological polar surface area (TPSA) is 20.7 Å². The number of fused-ring (bicyclic) bond motifs is 1. The number of rotatable bonds is 2. The van der Waals surface area contributed by atoms with Gasteiger partial charge in [0.1, 0.15) is 5.52 Å². The highest BCUT2D eigenvalue weighted by Gasteiger charge is 2.20. The second-order valence-corrected chi connectivity index (χ2v) is 6.23. The fourth-order valence-corrected chi connectivity index (χ4v) is 3.89. The average Bonchev–Trinajstić information content (AvgIpc) is 2.94. The number of imidazole rings is 1. The molecule has 1 atom stereocenters. The summed E-state index contributed by atoms with van der Waals surface area (Å²) in [6.07, 6.45) is 2.29. The van der Waals surface area contributed by atoms with Gasteiger partial charge in [-0.3, -0.25) is 0 Å². The first kappa shape index (κ1) is 12.2. The highest BCUT2D eigenvalue weighted by Crippen LogP contribution is 2.29. The standard InChI is InChI=1S/C12H12F2N2S2/c13-8-3-4-9-11(10(8)14)16(12(17)15-9)6-7-2-1-5-18-7/h3-4,7H,1-2,5-6H2,(H,15,17). The van der Waals surface area contributed by atoms with Crippen LogP contribution in [0.25, 0.3) is 11.0 Å². The van der Waals surface area contributed by atoms with Gasteiger partial charge in [-0.1, -0.05) is 0 Å². The molecule has 1 aromatic heterocycles. The highest BCUT2D eigenvalue weighted by atomic mass is 32.2. The predicted molar refractivity (Wildman–Crippen MR) is 72.5 cm³/mol. The molecule has 3 rings (SSSR count). The lowest BCUT2D eigenvalue weighted by molar-refractivity contribution is 0.510. The molecule has 0 saturated carbocycles. The monoisotopic (exact) mass is 286 g/mol. The van der Waals surface area contributed by atoms with Gasteiger partial charge >= 0.3 is 0 Å². The third-order valence-corrected chi connectivity index (χ3v) is 4.94. The van der Waals surface area contributed by atoms with Crippen LogP contribution in [0.1, 0.15) is 12.8 Å². The molecule has 0 aliphatic carbocycles. The van der Waals surface area contributed by atoms with Crippen LogP contribution in [0, 0.1) is 16.4 Å². The molecule has 0 bridgehead atoms. The van der Waals surface area contributed by atoms with Crippen molar-refractivity contribution in [2.75, 3.05) is 5.75 Å². The van der Waals surface area contributed by atoms with Crippen LogP contribution in [0.3, 0.4) is 0 Å². The Morgan fingerprint density at radius 3 is 3.00 bits per heavy atom. The minimum Gasteiger partial charge on any atom is -0.330 e. The van der Waals surface area contributed by atoms with E-state index in [4.69, 9.17) is 12.2 Å². The number of nitrogens with zero attached hydrogens (tertiary/aromatic N) is 1. The number of aromatic amines is 1. The average molecular weight is 286 g/mol. The van der Waals surface area contributed by atoms with Gasteiger partial charge in [0, 0.05) is 11.8 Å². The SMILES string of the molecule is Fc1ccc2[nH]c(=S)n(CC3CCCS3)c2c1F. The van der Waals surface area contributed by atoms with Gasteiger partial charge in [-0.2, -0.15) is 11.8 Å². The molecule has 6 heteroatoms. The van der Waals surface area contributed by atoms with E-state index in [9.17, 15) is 8.78 Å². The van der Waals surface area contributed by atoms with Gasteiger partial charge in [0.05, 0.1) is 5.52 Å². The third-order valence-electron chi connectivity index (χ3n) is 3.24. The predicted octanol–water partition coefficient (Wildman–Crippen LogP) is 3.87. The Labute approximate surface area is 112 Å². The van der Waals surface area contributed by atoms with Gasteiger partial charge < -0.3 is 9.55 Å². The third kappa shape index (κ3) is 1.97. The van der Waals surface area contributed by atoms with Crippen LogP contribution in [0.2, 0.25) is 0 Å². The second-order valence-electron chi connectivity index (χ2n) is 4.43. The summed E-state index contributed by atoms with van der Waals surface area (Å²) in [5.74, 6) is -0.510. The van der Waals surface area contributed by atoms with E-state index in [0.717, 1.165) is 18.2 Å². The Morgan fingerprint density at radius 2 is 2.28 bits per heavy atom. The van der Waals surface area contributed by atoms with Gasteiger partial charge in [0.2, 0.25) is 0 Å². The molecule has 1 aliphatic heterocycles. The smallest absolute Gasteiger partial charge is 0.184 e. The van der Waals surface area contributed by atoms with Crippen molar-refractivity contribution in [3.63, 3.8) is 0 Å².